The van der Waals surface area contributed by atoms with Gasteiger partial charge >= 0.3 is 0 Å². The van der Waals surface area contributed by atoms with Crippen LogP contribution >= 0.6 is 0 Å². The van der Waals surface area contributed by atoms with Crippen LogP contribution in [0.5, 0.6) is 5.75 Å². The van der Waals surface area contributed by atoms with Crippen LogP contribution in [-0.4, -0.2) is 44.2 Å². The van der Waals surface area contributed by atoms with Gasteiger partial charge in [-0.25, -0.2) is 0 Å². The van der Waals surface area contributed by atoms with E-state index in [0.717, 1.165) is 31.4 Å². The number of para-hydroxylation sites is 1. The van der Waals surface area contributed by atoms with E-state index in [1.54, 1.807) is 0 Å². The van der Waals surface area contributed by atoms with Crippen LogP contribution in [0.15, 0.2) is 30.3 Å². The second-order valence-corrected chi connectivity index (χ2v) is 4.91. The quantitative estimate of drug-likeness (QED) is 0.747. The number of nitrogens with one attached hydrogen (secondary N) is 1. The number of hydrogen-bond acceptors (Lipinski definition) is 3. The highest BCUT2D eigenvalue weighted by molar-refractivity contribution is 5.20. The van der Waals surface area contributed by atoms with E-state index in [4.69, 9.17) is 4.74 Å². The van der Waals surface area contributed by atoms with Crippen LogP contribution in [0, 0.1) is 5.92 Å². The molecule has 1 aliphatic rings. The molecule has 18 heavy (non-hydrogen) atoms. The molecule has 0 radical (unpaired) electrons. The van der Waals surface area contributed by atoms with Crippen molar-refractivity contribution >= 4 is 0 Å². The van der Waals surface area contributed by atoms with Gasteiger partial charge in [0, 0.05) is 13.1 Å². The summed E-state index contributed by atoms with van der Waals surface area (Å²) in [5, 5.41) is 3.49. The summed E-state index contributed by atoms with van der Waals surface area (Å²) in [5.41, 5.74) is 0. The van der Waals surface area contributed by atoms with Crippen molar-refractivity contribution in [3.05, 3.63) is 30.3 Å². The molecule has 1 atom stereocenters. The van der Waals surface area contributed by atoms with Gasteiger partial charge in [-0.05, 0) is 44.1 Å². The van der Waals surface area contributed by atoms with Crippen molar-refractivity contribution in [1.82, 2.24) is 10.2 Å². The average molecular weight is 248 g/mol. The molecular formula is C15H24N2O. The molecule has 2 rings (SSSR count). The molecule has 0 amide bonds. The van der Waals surface area contributed by atoms with Gasteiger partial charge in [-0.2, -0.15) is 0 Å². The SMILES string of the molecule is CCN1CCC(CNCCOc2ccccc2)C1. The van der Waals surface area contributed by atoms with Gasteiger partial charge in [0.2, 0.25) is 0 Å². The minimum atomic E-state index is 0.744. The molecule has 1 aliphatic heterocycles. The third kappa shape index (κ3) is 4.31. The summed E-state index contributed by atoms with van der Waals surface area (Å²) in [6.45, 7) is 8.74. The summed E-state index contributed by atoms with van der Waals surface area (Å²) in [4.78, 5) is 2.52. The minimum absolute atomic E-state index is 0.744. The first-order valence-electron chi connectivity index (χ1n) is 6.99. The van der Waals surface area contributed by atoms with Gasteiger partial charge in [-0.1, -0.05) is 25.1 Å². The van der Waals surface area contributed by atoms with Crippen LogP contribution in [0.25, 0.3) is 0 Å². The second kappa shape index (κ2) is 7.39. The molecule has 0 aliphatic carbocycles. The first-order valence-corrected chi connectivity index (χ1v) is 6.99. The number of ether oxygens (including phenoxy) is 1. The maximum Gasteiger partial charge on any atom is 0.119 e. The number of rotatable bonds is 7. The fourth-order valence-electron chi connectivity index (χ4n) is 2.43. The Morgan fingerprint density at radius 2 is 2.17 bits per heavy atom. The Balaban J connectivity index is 1.52. The molecule has 1 aromatic carbocycles. The van der Waals surface area contributed by atoms with Crippen molar-refractivity contribution in [2.24, 2.45) is 5.92 Å². The first-order chi connectivity index (χ1) is 8.88. The van der Waals surface area contributed by atoms with Gasteiger partial charge in [0.05, 0.1) is 0 Å². The molecule has 1 unspecified atom stereocenters. The standard InChI is InChI=1S/C15H24N2O/c1-2-17-10-8-14(13-17)12-16-9-11-18-15-6-4-3-5-7-15/h3-7,14,16H,2,8-13H2,1H3. The summed E-state index contributed by atoms with van der Waals surface area (Å²) in [7, 11) is 0. The van der Waals surface area contributed by atoms with Crippen LogP contribution in [0.2, 0.25) is 0 Å². The molecule has 1 N–H and O–H groups in total. The summed E-state index contributed by atoms with van der Waals surface area (Å²) >= 11 is 0. The molecule has 0 bridgehead atoms. The van der Waals surface area contributed by atoms with Crippen molar-refractivity contribution in [2.45, 2.75) is 13.3 Å². The fraction of sp³-hybridized carbons (Fsp3) is 0.600. The average Bonchev–Trinajstić information content (AvgIpc) is 2.87. The summed E-state index contributed by atoms with van der Waals surface area (Å²) in [6.07, 6.45) is 1.33. The molecule has 3 nitrogen and oxygen atoms in total. The minimum Gasteiger partial charge on any atom is -0.492 e. The fourth-order valence-corrected chi connectivity index (χ4v) is 2.43. The molecule has 0 spiro atoms. The highest BCUT2D eigenvalue weighted by atomic mass is 16.5. The van der Waals surface area contributed by atoms with Crippen molar-refractivity contribution in [3.63, 3.8) is 0 Å². The van der Waals surface area contributed by atoms with E-state index in [1.807, 2.05) is 30.3 Å². The van der Waals surface area contributed by atoms with Gasteiger partial charge in [0.1, 0.15) is 12.4 Å². The second-order valence-electron chi connectivity index (χ2n) is 4.91. The molecule has 0 aromatic heterocycles. The zero-order chi connectivity index (χ0) is 12.6. The Morgan fingerprint density at radius 3 is 2.89 bits per heavy atom. The van der Waals surface area contributed by atoms with Crippen LogP contribution in [0.4, 0.5) is 0 Å². The van der Waals surface area contributed by atoms with Crippen LogP contribution < -0.4 is 10.1 Å². The molecule has 1 fully saturated rings. The smallest absolute Gasteiger partial charge is 0.119 e. The van der Waals surface area contributed by atoms with Crippen molar-refractivity contribution in [2.75, 3.05) is 39.3 Å². The topological polar surface area (TPSA) is 24.5 Å². The maximum atomic E-state index is 5.64. The predicted molar refractivity (Wildman–Crippen MR) is 75.0 cm³/mol. The zero-order valence-corrected chi connectivity index (χ0v) is 11.3. The Morgan fingerprint density at radius 1 is 1.33 bits per heavy atom. The lowest BCUT2D eigenvalue weighted by Gasteiger charge is -2.14. The first kappa shape index (κ1) is 13.4. The zero-order valence-electron chi connectivity index (χ0n) is 11.3. The van der Waals surface area contributed by atoms with Crippen LogP contribution in [-0.2, 0) is 0 Å². The largest absolute Gasteiger partial charge is 0.492 e. The molecule has 0 saturated carbocycles. The highest BCUT2D eigenvalue weighted by Gasteiger charge is 2.20. The lowest BCUT2D eigenvalue weighted by atomic mass is 10.1. The molecule has 1 saturated heterocycles. The van der Waals surface area contributed by atoms with Crippen LogP contribution in [0.3, 0.4) is 0 Å². The Bertz CT molecular complexity index is 329. The molecule has 3 heteroatoms. The van der Waals surface area contributed by atoms with Crippen molar-refractivity contribution in [1.29, 1.82) is 0 Å². The van der Waals surface area contributed by atoms with E-state index < -0.39 is 0 Å². The lowest BCUT2D eigenvalue weighted by molar-refractivity contribution is 0.304. The maximum absolute atomic E-state index is 5.64. The number of likely N-dealkylation sites (tertiary alicyclic amines) is 1. The highest BCUT2D eigenvalue weighted by Crippen LogP contribution is 2.14. The monoisotopic (exact) mass is 248 g/mol. The molecule has 1 heterocycles. The number of nitrogens with zero attached hydrogens (tertiary/aromatic N) is 1. The Hall–Kier alpha value is -1.06. The van der Waals surface area contributed by atoms with E-state index in [9.17, 15) is 0 Å². The third-order valence-electron chi connectivity index (χ3n) is 3.54. The summed E-state index contributed by atoms with van der Waals surface area (Å²) < 4.78 is 5.64. The third-order valence-corrected chi connectivity index (χ3v) is 3.54. The van der Waals surface area contributed by atoms with Gasteiger partial charge < -0.3 is 15.0 Å². The summed E-state index contributed by atoms with van der Waals surface area (Å²) in [6, 6.07) is 10.00. The van der Waals surface area contributed by atoms with E-state index in [1.165, 1.54) is 26.1 Å². The van der Waals surface area contributed by atoms with Gasteiger partial charge in [0.25, 0.3) is 0 Å². The molecular weight excluding hydrogens is 224 g/mol. The molecule has 100 valence electrons. The van der Waals surface area contributed by atoms with Crippen molar-refractivity contribution < 1.29 is 4.74 Å². The van der Waals surface area contributed by atoms with E-state index >= 15 is 0 Å². The Kier molecular flexibility index (Phi) is 5.49. The van der Waals surface area contributed by atoms with Crippen molar-refractivity contribution in [3.8, 4) is 5.75 Å². The van der Waals surface area contributed by atoms with Gasteiger partial charge in [0.15, 0.2) is 0 Å². The van der Waals surface area contributed by atoms with E-state index in [0.29, 0.717) is 0 Å². The number of benzene rings is 1. The molecule has 1 aromatic rings. The Labute approximate surface area is 110 Å². The van der Waals surface area contributed by atoms with Crippen LogP contribution in [0.1, 0.15) is 13.3 Å². The van der Waals surface area contributed by atoms with E-state index in [-0.39, 0.29) is 0 Å². The lowest BCUT2D eigenvalue weighted by Crippen LogP contribution is -2.29. The predicted octanol–water partition coefficient (Wildman–Crippen LogP) is 2.00. The van der Waals surface area contributed by atoms with E-state index in [2.05, 4.69) is 17.1 Å². The van der Waals surface area contributed by atoms with Gasteiger partial charge in [-0.3, -0.25) is 0 Å². The van der Waals surface area contributed by atoms with Gasteiger partial charge in [-0.15, -0.1) is 0 Å². The normalized spacial score (nSPS) is 20.2. The summed E-state index contributed by atoms with van der Waals surface area (Å²) in [5.74, 6) is 1.78. The number of hydrogen-bond donors (Lipinski definition) is 1.